The van der Waals surface area contributed by atoms with Crippen molar-refractivity contribution >= 4 is 42.4 Å². The Balaban J connectivity index is 1.50. The van der Waals surface area contributed by atoms with Crippen LogP contribution in [0.25, 0.3) is 60.5 Å². The van der Waals surface area contributed by atoms with Crippen LogP contribution in [0.3, 0.4) is 0 Å². The van der Waals surface area contributed by atoms with Gasteiger partial charge in [0.1, 0.15) is 5.82 Å². The minimum Gasteiger partial charge on any atom is -0.294 e. The Labute approximate surface area is 232 Å². The molecule has 0 atom stereocenters. The molecule has 1 aliphatic heterocycles. The SMILES string of the molecule is CCc1nc2cccc3c2n1-c1cc(-c2c4ccccc4c(-c4ccccc4)c4ccccc24)ccc1S3(=O)=O. The highest BCUT2D eigenvalue weighted by atomic mass is 32.2. The van der Waals surface area contributed by atoms with Crippen molar-refractivity contribution < 1.29 is 8.42 Å². The van der Waals surface area contributed by atoms with Crippen LogP contribution in [0, 0.1) is 0 Å². The fourth-order valence-electron chi connectivity index (χ4n) is 6.41. The molecule has 0 aliphatic carbocycles. The number of para-hydroxylation sites is 1. The number of nitrogens with zero attached hydrogens (tertiary/aromatic N) is 2. The maximum Gasteiger partial charge on any atom is 0.210 e. The van der Waals surface area contributed by atoms with Crippen LogP contribution in [0.2, 0.25) is 0 Å². The van der Waals surface area contributed by atoms with E-state index in [1.54, 1.807) is 18.2 Å². The third-order valence-corrected chi connectivity index (χ3v) is 9.92. The zero-order valence-electron chi connectivity index (χ0n) is 21.8. The molecule has 0 saturated carbocycles. The van der Waals surface area contributed by atoms with Crippen LogP contribution >= 0.6 is 0 Å². The van der Waals surface area contributed by atoms with Gasteiger partial charge in [0.2, 0.25) is 9.84 Å². The summed E-state index contributed by atoms with van der Waals surface area (Å²) in [4.78, 5) is 5.45. The summed E-state index contributed by atoms with van der Waals surface area (Å²) >= 11 is 0. The highest BCUT2D eigenvalue weighted by Gasteiger charge is 2.33. The largest absolute Gasteiger partial charge is 0.294 e. The smallest absolute Gasteiger partial charge is 0.210 e. The number of sulfone groups is 1. The van der Waals surface area contributed by atoms with Crippen molar-refractivity contribution in [1.29, 1.82) is 0 Å². The minimum atomic E-state index is -3.69. The van der Waals surface area contributed by atoms with Crippen molar-refractivity contribution in [2.45, 2.75) is 23.1 Å². The van der Waals surface area contributed by atoms with Gasteiger partial charge in [-0.25, -0.2) is 13.4 Å². The highest BCUT2D eigenvalue weighted by Crippen LogP contribution is 2.46. The van der Waals surface area contributed by atoms with Crippen LogP contribution in [-0.4, -0.2) is 18.0 Å². The van der Waals surface area contributed by atoms with Gasteiger partial charge in [-0.3, -0.25) is 4.57 Å². The van der Waals surface area contributed by atoms with E-state index in [1.165, 1.54) is 11.1 Å². The van der Waals surface area contributed by atoms with Crippen LogP contribution in [0.1, 0.15) is 12.7 Å². The summed E-state index contributed by atoms with van der Waals surface area (Å²) in [5.74, 6) is 0.852. The van der Waals surface area contributed by atoms with Gasteiger partial charge in [0.05, 0.1) is 26.5 Å². The Morgan fingerprint density at radius 2 is 1.23 bits per heavy atom. The fourth-order valence-corrected chi connectivity index (χ4v) is 8.02. The van der Waals surface area contributed by atoms with Gasteiger partial charge < -0.3 is 0 Å². The molecule has 192 valence electrons. The molecule has 1 aromatic heterocycles. The topological polar surface area (TPSA) is 52.0 Å². The number of rotatable bonds is 3. The molecular formula is C35H24N2O2S. The molecule has 5 heteroatoms. The minimum absolute atomic E-state index is 0.318. The Hall–Kier alpha value is -4.74. The molecule has 1 aliphatic rings. The molecule has 0 amide bonds. The maximum atomic E-state index is 13.8. The molecule has 8 rings (SSSR count). The van der Waals surface area contributed by atoms with E-state index < -0.39 is 9.84 Å². The molecule has 0 spiro atoms. The lowest BCUT2D eigenvalue weighted by atomic mass is 9.86. The highest BCUT2D eigenvalue weighted by molar-refractivity contribution is 7.92. The maximum absolute atomic E-state index is 13.8. The predicted molar refractivity (Wildman–Crippen MR) is 162 cm³/mol. The van der Waals surface area contributed by atoms with Crippen molar-refractivity contribution in [3.05, 3.63) is 121 Å². The Morgan fingerprint density at radius 1 is 0.625 bits per heavy atom. The lowest BCUT2D eigenvalue weighted by Gasteiger charge is -2.23. The molecule has 6 aromatic carbocycles. The van der Waals surface area contributed by atoms with Gasteiger partial charge in [-0.1, -0.05) is 97.9 Å². The van der Waals surface area contributed by atoms with Crippen LogP contribution in [0.4, 0.5) is 0 Å². The molecule has 0 saturated heterocycles. The van der Waals surface area contributed by atoms with Gasteiger partial charge in [0, 0.05) is 6.42 Å². The van der Waals surface area contributed by atoms with Gasteiger partial charge in [0.25, 0.3) is 0 Å². The number of imidazole rings is 1. The zero-order valence-corrected chi connectivity index (χ0v) is 22.6. The normalized spacial score (nSPS) is 13.6. The Morgan fingerprint density at radius 3 is 1.85 bits per heavy atom. The van der Waals surface area contributed by atoms with Crippen molar-refractivity contribution in [3.63, 3.8) is 0 Å². The first-order valence-corrected chi connectivity index (χ1v) is 15.0. The first-order valence-electron chi connectivity index (χ1n) is 13.5. The predicted octanol–water partition coefficient (Wildman–Crippen LogP) is 8.37. The average Bonchev–Trinajstić information content (AvgIpc) is 3.38. The van der Waals surface area contributed by atoms with Crippen molar-refractivity contribution in [2.75, 3.05) is 0 Å². The number of aromatic nitrogens is 2. The quantitative estimate of drug-likeness (QED) is 0.213. The molecule has 0 unspecified atom stereocenters. The van der Waals surface area contributed by atoms with Gasteiger partial charge in [-0.05, 0) is 68.1 Å². The van der Waals surface area contributed by atoms with Crippen molar-refractivity contribution in [2.24, 2.45) is 0 Å². The number of fused-ring (bicyclic) bond motifs is 4. The van der Waals surface area contributed by atoms with Gasteiger partial charge in [-0.2, -0.15) is 0 Å². The third kappa shape index (κ3) is 3.07. The summed E-state index contributed by atoms with van der Waals surface area (Å²) in [6.45, 7) is 2.06. The summed E-state index contributed by atoms with van der Waals surface area (Å²) in [5.41, 5.74) is 6.48. The summed E-state index contributed by atoms with van der Waals surface area (Å²) in [5, 5.41) is 4.59. The summed E-state index contributed by atoms with van der Waals surface area (Å²) < 4.78 is 29.7. The average molecular weight is 537 g/mol. The van der Waals surface area contributed by atoms with Gasteiger partial charge >= 0.3 is 0 Å². The molecule has 40 heavy (non-hydrogen) atoms. The van der Waals surface area contributed by atoms with E-state index in [9.17, 15) is 8.42 Å². The van der Waals surface area contributed by atoms with Crippen LogP contribution in [0.15, 0.2) is 125 Å². The zero-order chi connectivity index (χ0) is 27.0. The molecule has 2 heterocycles. The van der Waals surface area contributed by atoms with E-state index in [1.807, 2.05) is 28.8 Å². The monoisotopic (exact) mass is 536 g/mol. The Bertz CT molecular complexity index is 2210. The van der Waals surface area contributed by atoms with Crippen LogP contribution < -0.4 is 0 Å². The molecule has 4 nitrogen and oxygen atoms in total. The molecule has 0 fully saturated rings. The Kier molecular flexibility index (Phi) is 4.85. The second-order valence-corrected chi connectivity index (χ2v) is 12.1. The first-order chi connectivity index (χ1) is 19.6. The summed E-state index contributed by atoms with van der Waals surface area (Å²) in [6, 6.07) is 38.6. The van der Waals surface area contributed by atoms with E-state index in [2.05, 4.69) is 79.7 Å². The van der Waals surface area contributed by atoms with E-state index in [0.29, 0.717) is 32.9 Å². The molecule has 0 N–H and O–H groups in total. The molecule has 7 aromatic rings. The van der Waals surface area contributed by atoms with Gasteiger partial charge in [0.15, 0.2) is 0 Å². The second-order valence-electron chi connectivity index (χ2n) is 10.2. The van der Waals surface area contributed by atoms with Gasteiger partial charge in [-0.15, -0.1) is 0 Å². The number of benzene rings is 6. The number of aryl methyl sites for hydroxylation is 1. The van der Waals surface area contributed by atoms with Crippen molar-refractivity contribution in [3.8, 4) is 27.9 Å². The van der Waals surface area contributed by atoms with E-state index >= 15 is 0 Å². The van der Waals surface area contributed by atoms with Crippen molar-refractivity contribution in [1.82, 2.24) is 9.55 Å². The third-order valence-electron chi connectivity index (χ3n) is 8.09. The number of hydrogen-bond acceptors (Lipinski definition) is 3. The van der Waals surface area contributed by atoms with E-state index in [4.69, 9.17) is 4.98 Å². The van der Waals surface area contributed by atoms with Crippen LogP contribution in [-0.2, 0) is 16.3 Å². The molecule has 0 bridgehead atoms. The molecule has 0 radical (unpaired) electrons. The lowest BCUT2D eigenvalue weighted by molar-refractivity contribution is 0.594. The number of hydrogen-bond donors (Lipinski definition) is 0. The summed E-state index contributed by atoms with van der Waals surface area (Å²) in [7, 11) is -3.69. The van der Waals surface area contributed by atoms with Crippen LogP contribution in [0.5, 0.6) is 0 Å². The summed E-state index contributed by atoms with van der Waals surface area (Å²) in [6.07, 6.45) is 0.690. The van der Waals surface area contributed by atoms with E-state index in [-0.39, 0.29) is 0 Å². The lowest BCUT2D eigenvalue weighted by Crippen LogP contribution is -2.16. The molecular weight excluding hydrogens is 512 g/mol. The first kappa shape index (κ1) is 23.2. The fraction of sp³-hybridized carbons (Fsp3) is 0.0571. The standard InChI is InChI=1S/C35H24N2O2S/c1-2-32-36-28-17-10-18-31-35(28)37(32)29-21-23(19-20-30(29)40(31,38)39)34-26-15-8-6-13-24(26)33(22-11-4-3-5-12-22)25-14-7-9-16-27(25)34/h3-21H,2H2,1H3. The van der Waals surface area contributed by atoms with E-state index in [0.717, 1.165) is 38.5 Å². The second kappa shape index (κ2) is 8.38.